The second-order valence-electron chi connectivity index (χ2n) is 5.53. The van der Waals surface area contributed by atoms with Crippen LogP contribution in [-0.2, 0) is 14.3 Å². The van der Waals surface area contributed by atoms with Crippen LogP contribution in [0.4, 0.5) is 5.82 Å². The van der Waals surface area contributed by atoms with Gasteiger partial charge in [0.05, 0.1) is 6.61 Å². The number of carboxylic acid groups (broad SMARTS) is 1. The molecular weight excluding hydrogens is 272 g/mol. The fourth-order valence-electron chi connectivity index (χ4n) is 2.51. The van der Waals surface area contributed by atoms with Crippen LogP contribution in [-0.4, -0.2) is 34.7 Å². The standard InChI is InChI=1S/C15H20N2O4/c1-4-21-14(20)15(13(18)19)8-11(15)10-5-6-16-12(7-10)17-9(2)3/h5-7,9,11H,4,8H2,1-3H3,(H,16,17)(H,18,19). The van der Waals surface area contributed by atoms with E-state index in [0.29, 0.717) is 5.82 Å². The zero-order valence-corrected chi connectivity index (χ0v) is 12.4. The first kappa shape index (κ1) is 15.3. The van der Waals surface area contributed by atoms with Crippen LogP contribution < -0.4 is 5.32 Å². The summed E-state index contributed by atoms with van der Waals surface area (Å²) in [6, 6.07) is 3.77. The minimum Gasteiger partial charge on any atom is -0.480 e. The van der Waals surface area contributed by atoms with E-state index < -0.39 is 17.4 Å². The number of esters is 1. The van der Waals surface area contributed by atoms with Crippen LogP contribution in [0.2, 0.25) is 0 Å². The van der Waals surface area contributed by atoms with Gasteiger partial charge in [-0.2, -0.15) is 0 Å². The summed E-state index contributed by atoms with van der Waals surface area (Å²) in [4.78, 5) is 27.7. The summed E-state index contributed by atoms with van der Waals surface area (Å²) in [5.41, 5.74) is -0.643. The predicted molar refractivity (Wildman–Crippen MR) is 77.1 cm³/mol. The van der Waals surface area contributed by atoms with Crippen molar-refractivity contribution in [3.05, 3.63) is 23.9 Å². The topological polar surface area (TPSA) is 88.5 Å². The Morgan fingerprint density at radius 1 is 1.57 bits per heavy atom. The van der Waals surface area contributed by atoms with Gasteiger partial charge in [0.25, 0.3) is 0 Å². The number of aromatic nitrogens is 1. The van der Waals surface area contributed by atoms with Gasteiger partial charge in [0.15, 0.2) is 5.41 Å². The molecule has 1 saturated carbocycles. The van der Waals surface area contributed by atoms with Crippen LogP contribution in [0, 0.1) is 5.41 Å². The Morgan fingerprint density at radius 2 is 2.29 bits per heavy atom. The molecule has 2 N–H and O–H groups in total. The second kappa shape index (κ2) is 5.71. The Hall–Kier alpha value is -2.11. The molecule has 6 heteroatoms. The first-order valence-electron chi connectivity index (χ1n) is 7.05. The molecule has 0 amide bonds. The van der Waals surface area contributed by atoms with Crippen molar-refractivity contribution in [1.29, 1.82) is 0 Å². The number of aliphatic carboxylic acids is 1. The third-order valence-corrected chi connectivity index (χ3v) is 3.61. The Labute approximate surface area is 123 Å². The van der Waals surface area contributed by atoms with Crippen molar-refractivity contribution in [2.24, 2.45) is 5.41 Å². The van der Waals surface area contributed by atoms with Gasteiger partial charge < -0.3 is 15.2 Å². The first-order chi connectivity index (χ1) is 9.91. The van der Waals surface area contributed by atoms with Crippen molar-refractivity contribution in [2.75, 3.05) is 11.9 Å². The number of nitrogens with one attached hydrogen (secondary N) is 1. The Morgan fingerprint density at radius 3 is 2.86 bits per heavy atom. The fraction of sp³-hybridized carbons (Fsp3) is 0.533. The predicted octanol–water partition coefficient (Wildman–Crippen LogP) is 2.02. The zero-order valence-electron chi connectivity index (χ0n) is 12.4. The molecule has 2 unspecified atom stereocenters. The third kappa shape index (κ3) is 2.84. The summed E-state index contributed by atoms with van der Waals surface area (Å²) in [5.74, 6) is -1.46. The molecule has 1 aliphatic carbocycles. The molecule has 114 valence electrons. The van der Waals surface area contributed by atoms with E-state index in [1.54, 1.807) is 25.3 Å². The quantitative estimate of drug-likeness (QED) is 0.616. The largest absolute Gasteiger partial charge is 0.480 e. The number of carbonyl (C=O) groups is 2. The molecule has 0 aliphatic heterocycles. The SMILES string of the molecule is CCOC(=O)C1(C(=O)O)CC1c1ccnc(NC(C)C)c1. The summed E-state index contributed by atoms with van der Waals surface area (Å²) in [5, 5.41) is 12.6. The van der Waals surface area contributed by atoms with E-state index in [0.717, 1.165) is 5.56 Å². The van der Waals surface area contributed by atoms with Crippen molar-refractivity contribution in [1.82, 2.24) is 4.98 Å². The maximum Gasteiger partial charge on any atom is 0.324 e. The number of carboxylic acids is 1. The van der Waals surface area contributed by atoms with Gasteiger partial charge in [0.1, 0.15) is 5.82 Å². The molecule has 0 radical (unpaired) electrons. The molecule has 1 heterocycles. The number of anilines is 1. The van der Waals surface area contributed by atoms with Gasteiger partial charge in [0.2, 0.25) is 0 Å². The lowest BCUT2D eigenvalue weighted by Crippen LogP contribution is -2.29. The summed E-state index contributed by atoms with van der Waals surface area (Å²) >= 11 is 0. The van der Waals surface area contributed by atoms with E-state index in [2.05, 4.69) is 10.3 Å². The summed E-state index contributed by atoms with van der Waals surface area (Å²) < 4.78 is 4.93. The smallest absolute Gasteiger partial charge is 0.324 e. The number of pyridine rings is 1. The highest BCUT2D eigenvalue weighted by Gasteiger charge is 2.68. The molecular formula is C15H20N2O4. The summed E-state index contributed by atoms with van der Waals surface area (Å²) in [7, 11) is 0. The monoisotopic (exact) mass is 292 g/mol. The summed E-state index contributed by atoms with van der Waals surface area (Å²) in [6.07, 6.45) is 1.89. The van der Waals surface area contributed by atoms with E-state index in [1.807, 2.05) is 13.8 Å². The fourth-order valence-corrected chi connectivity index (χ4v) is 2.51. The molecule has 0 aromatic carbocycles. The average molecular weight is 292 g/mol. The third-order valence-electron chi connectivity index (χ3n) is 3.61. The van der Waals surface area contributed by atoms with Crippen molar-refractivity contribution in [3.63, 3.8) is 0 Å². The van der Waals surface area contributed by atoms with Crippen LogP contribution in [0.5, 0.6) is 0 Å². The Balaban J connectivity index is 2.23. The Kier molecular flexibility index (Phi) is 4.16. The van der Waals surface area contributed by atoms with Crippen LogP contribution in [0.3, 0.4) is 0 Å². The number of hydrogen-bond donors (Lipinski definition) is 2. The average Bonchev–Trinajstić information content (AvgIpc) is 3.15. The van der Waals surface area contributed by atoms with Crippen LogP contribution in [0.25, 0.3) is 0 Å². The van der Waals surface area contributed by atoms with Gasteiger partial charge in [-0.15, -0.1) is 0 Å². The summed E-state index contributed by atoms with van der Waals surface area (Å²) in [6.45, 7) is 5.83. The molecule has 2 rings (SSSR count). The van der Waals surface area contributed by atoms with Gasteiger partial charge in [-0.25, -0.2) is 4.98 Å². The van der Waals surface area contributed by atoms with Gasteiger partial charge in [-0.05, 0) is 44.9 Å². The highest BCUT2D eigenvalue weighted by molar-refractivity contribution is 6.04. The van der Waals surface area contributed by atoms with Gasteiger partial charge >= 0.3 is 11.9 Å². The number of rotatable bonds is 6. The zero-order chi connectivity index (χ0) is 15.6. The van der Waals surface area contributed by atoms with Crippen molar-refractivity contribution in [3.8, 4) is 0 Å². The van der Waals surface area contributed by atoms with Crippen molar-refractivity contribution in [2.45, 2.75) is 39.2 Å². The second-order valence-corrected chi connectivity index (χ2v) is 5.53. The maximum atomic E-state index is 12.0. The van der Waals surface area contributed by atoms with Crippen LogP contribution >= 0.6 is 0 Å². The lowest BCUT2D eigenvalue weighted by molar-refractivity contribution is -0.161. The molecule has 0 bridgehead atoms. The van der Waals surface area contributed by atoms with E-state index in [1.165, 1.54) is 0 Å². The molecule has 1 aromatic rings. The highest BCUT2D eigenvalue weighted by atomic mass is 16.5. The maximum absolute atomic E-state index is 12.0. The van der Waals surface area contributed by atoms with E-state index in [9.17, 15) is 14.7 Å². The molecule has 0 spiro atoms. The van der Waals surface area contributed by atoms with Crippen LogP contribution in [0.15, 0.2) is 18.3 Å². The first-order valence-corrected chi connectivity index (χ1v) is 7.05. The lowest BCUT2D eigenvalue weighted by atomic mass is 10.00. The highest BCUT2D eigenvalue weighted by Crippen LogP contribution is 2.60. The van der Waals surface area contributed by atoms with Crippen molar-refractivity contribution >= 4 is 17.8 Å². The normalized spacial score (nSPS) is 23.7. The molecule has 1 aliphatic rings. The molecule has 1 fully saturated rings. The van der Waals surface area contributed by atoms with Gasteiger partial charge in [-0.3, -0.25) is 9.59 Å². The minimum absolute atomic E-state index is 0.178. The number of carbonyl (C=O) groups excluding carboxylic acids is 1. The number of nitrogens with zero attached hydrogens (tertiary/aromatic N) is 1. The van der Waals surface area contributed by atoms with Crippen LogP contribution in [0.1, 0.15) is 38.7 Å². The van der Waals surface area contributed by atoms with E-state index in [4.69, 9.17) is 4.74 Å². The number of ether oxygens (including phenoxy) is 1. The lowest BCUT2D eigenvalue weighted by Gasteiger charge is -2.13. The molecule has 0 saturated heterocycles. The molecule has 2 atom stereocenters. The molecule has 6 nitrogen and oxygen atoms in total. The molecule has 21 heavy (non-hydrogen) atoms. The van der Waals surface area contributed by atoms with E-state index in [-0.39, 0.29) is 25.0 Å². The van der Waals surface area contributed by atoms with E-state index >= 15 is 0 Å². The van der Waals surface area contributed by atoms with Gasteiger partial charge in [0, 0.05) is 18.2 Å². The number of hydrogen-bond acceptors (Lipinski definition) is 5. The van der Waals surface area contributed by atoms with Gasteiger partial charge in [-0.1, -0.05) is 0 Å². The minimum atomic E-state index is -1.44. The molecule has 1 aromatic heterocycles. The Bertz CT molecular complexity index is 558. The van der Waals surface area contributed by atoms with Crippen molar-refractivity contribution < 1.29 is 19.4 Å².